The fourth-order valence-corrected chi connectivity index (χ4v) is 6.10. The first kappa shape index (κ1) is 18.2. The van der Waals surface area contributed by atoms with E-state index < -0.39 is 31.2 Å². The molecule has 138 valence electrons. The van der Waals surface area contributed by atoms with E-state index in [1.165, 1.54) is 25.3 Å². The van der Waals surface area contributed by atoms with Crippen molar-refractivity contribution in [3.8, 4) is 5.75 Å². The van der Waals surface area contributed by atoms with Crippen LogP contribution in [0, 0.1) is 5.82 Å². The van der Waals surface area contributed by atoms with Crippen molar-refractivity contribution in [3.63, 3.8) is 0 Å². The van der Waals surface area contributed by atoms with Crippen LogP contribution in [0.3, 0.4) is 0 Å². The second-order valence-corrected chi connectivity index (χ2v) is 10.0. The molecule has 7 heteroatoms. The summed E-state index contributed by atoms with van der Waals surface area (Å²) in [7, 11) is -2.15. The third-order valence-electron chi connectivity index (χ3n) is 5.53. The molecule has 1 aromatic carbocycles. The highest BCUT2D eigenvalue weighted by atomic mass is 32.2. The predicted molar refractivity (Wildman–Crippen MR) is 93.7 cm³/mol. The fraction of sp³-hybridized carbons (Fsp3) is 0.556. The van der Waals surface area contributed by atoms with E-state index in [-0.39, 0.29) is 24.7 Å². The van der Waals surface area contributed by atoms with Crippen LogP contribution in [0.15, 0.2) is 30.5 Å². The number of halogens is 1. The fourth-order valence-electron chi connectivity index (χ4n) is 3.68. The Morgan fingerprint density at radius 1 is 1.40 bits per heavy atom. The molecule has 2 saturated heterocycles. The lowest BCUT2D eigenvalue weighted by molar-refractivity contribution is -0.0314. The number of nitrogens with one attached hydrogen (secondary N) is 1. The minimum atomic E-state index is -3.64. The summed E-state index contributed by atoms with van der Waals surface area (Å²) < 4.78 is 51.3. The first-order valence-electron chi connectivity index (χ1n) is 8.23. The van der Waals surface area contributed by atoms with E-state index in [9.17, 15) is 12.8 Å². The van der Waals surface area contributed by atoms with Gasteiger partial charge in [0, 0.05) is 11.3 Å². The normalized spacial score (nSPS) is 33.2. The quantitative estimate of drug-likeness (QED) is 0.868. The van der Waals surface area contributed by atoms with Gasteiger partial charge in [0.2, 0.25) is 0 Å². The van der Waals surface area contributed by atoms with Gasteiger partial charge in [-0.15, -0.1) is 0 Å². The standard InChI is InChI=1S/C18H24FNO4S/c1-11-8-16-18(10-24-11,14-9-13(23-5)6-7-15(14)19)20-12(2)17(3,4)25(16,21)22/h6-7,9,11,16,20H,2,8,10H2,1,3-5H3/t11?,16-,18-/m1/s1. The van der Waals surface area contributed by atoms with Gasteiger partial charge in [-0.25, -0.2) is 12.8 Å². The zero-order chi connectivity index (χ0) is 18.6. The van der Waals surface area contributed by atoms with Gasteiger partial charge in [0.1, 0.15) is 21.9 Å². The molecule has 0 bridgehead atoms. The smallest absolute Gasteiger partial charge is 0.166 e. The van der Waals surface area contributed by atoms with E-state index in [1.807, 2.05) is 6.92 Å². The molecule has 3 atom stereocenters. The average molecular weight is 369 g/mol. The summed E-state index contributed by atoms with van der Waals surface area (Å²) in [6, 6.07) is 4.33. The van der Waals surface area contributed by atoms with E-state index >= 15 is 0 Å². The molecule has 5 nitrogen and oxygen atoms in total. The zero-order valence-corrected chi connectivity index (χ0v) is 15.7. The highest BCUT2D eigenvalue weighted by Crippen LogP contribution is 2.48. The van der Waals surface area contributed by atoms with Gasteiger partial charge in [0.15, 0.2) is 9.84 Å². The molecule has 0 spiro atoms. The predicted octanol–water partition coefficient (Wildman–Crippen LogP) is 2.52. The lowest BCUT2D eigenvalue weighted by atomic mass is 9.81. The van der Waals surface area contributed by atoms with E-state index in [0.29, 0.717) is 11.4 Å². The molecule has 0 amide bonds. The van der Waals surface area contributed by atoms with Crippen molar-refractivity contribution in [1.82, 2.24) is 5.32 Å². The minimum absolute atomic E-state index is 0.0389. The summed E-state index contributed by atoms with van der Waals surface area (Å²) >= 11 is 0. The summed E-state index contributed by atoms with van der Waals surface area (Å²) in [6.07, 6.45) is 0.0495. The van der Waals surface area contributed by atoms with Crippen molar-refractivity contribution in [2.45, 2.75) is 48.8 Å². The number of benzene rings is 1. The molecule has 25 heavy (non-hydrogen) atoms. The number of methoxy groups -OCH3 is 1. The Morgan fingerprint density at radius 2 is 2.08 bits per heavy atom. The van der Waals surface area contributed by atoms with Gasteiger partial charge in [-0.1, -0.05) is 6.58 Å². The molecule has 1 aromatic rings. The molecule has 1 unspecified atom stereocenters. The Hall–Kier alpha value is -1.60. The number of hydrogen-bond donors (Lipinski definition) is 1. The molecule has 0 radical (unpaired) electrons. The van der Waals surface area contributed by atoms with Crippen molar-refractivity contribution < 1.29 is 22.3 Å². The molecule has 1 N–H and O–H groups in total. The molecule has 0 saturated carbocycles. The Morgan fingerprint density at radius 3 is 2.72 bits per heavy atom. The Balaban J connectivity index is 2.26. The molecule has 2 fully saturated rings. The Kier molecular flexibility index (Phi) is 4.15. The number of rotatable bonds is 2. The van der Waals surface area contributed by atoms with Crippen molar-refractivity contribution in [2.75, 3.05) is 13.7 Å². The average Bonchev–Trinajstić information content (AvgIpc) is 2.55. The van der Waals surface area contributed by atoms with Gasteiger partial charge in [0.05, 0.1) is 25.1 Å². The van der Waals surface area contributed by atoms with Crippen molar-refractivity contribution >= 4 is 9.84 Å². The first-order valence-corrected chi connectivity index (χ1v) is 9.77. The molecular weight excluding hydrogens is 345 g/mol. The van der Waals surface area contributed by atoms with E-state index in [0.717, 1.165) is 0 Å². The minimum Gasteiger partial charge on any atom is -0.497 e. The topological polar surface area (TPSA) is 64.6 Å². The summed E-state index contributed by atoms with van der Waals surface area (Å²) in [6.45, 7) is 9.04. The molecular formula is C18H24FNO4S. The summed E-state index contributed by atoms with van der Waals surface area (Å²) in [5.41, 5.74) is -0.663. The molecule has 0 aliphatic carbocycles. The van der Waals surface area contributed by atoms with Crippen LogP contribution in [-0.4, -0.2) is 38.2 Å². The van der Waals surface area contributed by atoms with Gasteiger partial charge in [-0.2, -0.15) is 0 Å². The number of ether oxygens (including phenoxy) is 2. The van der Waals surface area contributed by atoms with Gasteiger partial charge in [-0.05, 0) is 45.4 Å². The summed E-state index contributed by atoms with van der Waals surface area (Å²) in [5, 5.41) is 2.38. The third kappa shape index (κ3) is 2.47. The molecule has 2 aliphatic heterocycles. The zero-order valence-electron chi connectivity index (χ0n) is 14.9. The van der Waals surface area contributed by atoms with E-state index in [1.54, 1.807) is 13.8 Å². The van der Waals surface area contributed by atoms with Gasteiger partial charge in [-0.3, -0.25) is 0 Å². The van der Waals surface area contributed by atoms with Crippen molar-refractivity contribution in [3.05, 3.63) is 41.9 Å². The van der Waals surface area contributed by atoms with Gasteiger partial charge < -0.3 is 14.8 Å². The Labute approximate surface area is 148 Å². The summed E-state index contributed by atoms with van der Waals surface area (Å²) in [5.74, 6) is -0.0445. The van der Waals surface area contributed by atoms with Crippen molar-refractivity contribution in [1.29, 1.82) is 0 Å². The van der Waals surface area contributed by atoms with Crippen LogP contribution >= 0.6 is 0 Å². The second-order valence-electron chi connectivity index (χ2n) is 7.32. The molecule has 0 aromatic heterocycles. The van der Waals surface area contributed by atoms with Gasteiger partial charge in [0.25, 0.3) is 0 Å². The van der Waals surface area contributed by atoms with Gasteiger partial charge >= 0.3 is 0 Å². The maximum atomic E-state index is 14.7. The van der Waals surface area contributed by atoms with E-state index in [4.69, 9.17) is 9.47 Å². The number of sulfone groups is 1. The SMILES string of the molecule is C=C1N[C@@]2(c3cc(OC)ccc3F)COC(C)C[C@H]2S(=O)(=O)C1(C)C. The second kappa shape index (κ2) is 5.71. The van der Waals surface area contributed by atoms with Crippen molar-refractivity contribution in [2.24, 2.45) is 0 Å². The Bertz CT molecular complexity index is 820. The largest absolute Gasteiger partial charge is 0.497 e. The highest BCUT2D eigenvalue weighted by Gasteiger charge is 2.61. The molecule has 2 aliphatic rings. The maximum absolute atomic E-state index is 14.7. The van der Waals surface area contributed by atoms with Crippen LogP contribution in [0.1, 0.15) is 32.8 Å². The maximum Gasteiger partial charge on any atom is 0.166 e. The van der Waals surface area contributed by atoms with Crippen LogP contribution in [0.5, 0.6) is 5.75 Å². The lowest BCUT2D eigenvalue weighted by Gasteiger charge is -2.54. The van der Waals surface area contributed by atoms with Crippen LogP contribution < -0.4 is 10.1 Å². The monoisotopic (exact) mass is 369 g/mol. The molecule has 3 rings (SSSR count). The van der Waals surface area contributed by atoms with E-state index in [2.05, 4.69) is 11.9 Å². The van der Waals surface area contributed by atoms with Crippen LogP contribution in [0.25, 0.3) is 0 Å². The molecule has 2 heterocycles. The number of hydrogen-bond acceptors (Lipinski definition) is 5. The van der Waals surface area contributed by atoms with Crippen LogP contribution in [-0.2, 0) is 20.1 Å². The summed E-state index contributed by atoms with van der Waals surface area (Å²) in [4.78, 5) is 0. The lowest BCUT2D eigenvalue weighted by Crippen LogP contribution is -2.69. The van der Waals surface area contributed by atoms with Crippen LogP contribution in [0.4, 0.5) is 4.39 Å². The third-order valence-corrected chi connectivity index (χ3v) is 8.54. The van der Waals surface area contributed by atoms with Crippen LogP contribution in [0.2, 0.25) is 0 Å². The highest BCUT2D eigenvalue weighted by molar-refractivity contribution is 7.93. The first-order chi connectivity index (χ1) is 11.6. The number of fused-ring (bicyclic) bond motifs is 1.